The van der Waals surface area contributed by atoms with E-state index in [2.05, 4.69) is 9.97 Å². The number of nitrogens with zero attached hydrogens (tertiary/aromatic N) is 4. The van der Waals surface area contributed by atoms with Gasteiger partial charge in [0.15, 0.2) is 11.2 Å². The summed E-state index contributed by atoms with van der Waals surface area (Å²) < 4.78 is 2.40. The molecule has 0 aliphatic carbocycles. The second kappa shape index (κ2) is 4.24. The van der Waals surface area contributed by atoms with Crippen LogP contribution in [0.1, 0.15) is 0 Å². The van der Waals surface area contributed by atoms with Crippen LogP contribution in [0.15, 0.2) is 46.0 Å². The monoisotopic (exact) mass is 292 g/mol. The van der Waals surface area contributed by atoms with E-state index >= 15 is 0 Å². The molecule has 4 rings (SSSR count). The van der Waals surface area contributed by atoms with Gasteiger partial charge in [-0.25, -0.2) is 14.8 Å². The summed E-state index contributed by atoms with van der Waals surface area (Å²) in [5, 5.41) is 1.99. The van der Waals surface area contributed by atoms with Gasteiger partial charge in [0.25, 0.3) is 5.56 Å². The Morgan fingerprint density at radius 2 is 1.64 bits per heavy atom. The lowest BCUT2D eigenvalue weighted by Crippen LogP contribution is -2.37. The van der Waals surface area contributed by atoms with Gasteiger partial charge in [-0.2, -0.15) is 0 Å². The highest BCUT2D eigenvalue weighted by Crippen LogP contribution is 2.23. The van der Waals surface area contributed by atoms with Gasteiger partial charge in [0.2, 0.25) is 0 Å². The molecule has 0 fully saturated rings. The Bertz CT molecular complexity index is 1190. The molecular weight excluding hydrogens is 280 g/mol. The van der Waals surface area contributed by atoms with Crippen molar-refractivity contribution in [3.05, 3.63) is 57.2 Å². The van der Waals surface area contributed by atoms with Crippen molar-refractivity contribution in [2.45, 2.75) is 0 Å². The summed E-state index contributed by atoms with van der Waals surface area (Å²) in [5.74, 6) is 0. The second-order valence-corrected chi connectivity index (χ2v) is 5.26. The average molecular weight is 292 g/mol. The molecule has 0 unspecified atom stereocenters. The summed E-state index contributed by atoms with van der Waals surface area (Å²) in [6, 6.07) is 11.6. The van der Waals surface area contributed by atoms with Gasteiger partial charge in [-0.1, -0.05) is 30.3 Å². The molecule has 108 valence electrons. The first-order valence-corrected chi connectivity index (χ1v) is 6.83. The topological polar surface area (TPSA) is 69.8 Å². The summed E-state index contributed by atoms with van der Waals surface area (Å²) in [6.07, 6.45) is 0. The lowest BCUT2D eigenvalue weighted by Gasteiger charge is -2.08. The molecule has 0 aliphatic rings. The molecule has 2 aromatic heterocycles. The Morgan fingerprint density at radius 3 is 2.45 bits per heavy atom. The first-order chi connectivity index (χ1) is 10.6. The summed E-state index contributed by atoms with van der Waals surface area (Å²) in [4.78, 5) is 33.3. The average Bonchev–Trinajstić information content (AvgIpc) is 2.56. The van der Waals surface area contributed by atoms with Gasteiger partial charge in [0.1, 0.15) is 0 Å². The summed E-state index contributed by atoms with van der Waals surface area (Å²) in [6.45, 7) is 0. The standard InChI is InChI=1S/C16H12N4O2/c1-19-14-13(15(21)20(2)16(19)22)17-11-8-7-9-5-3-4-6-10(9)12(11)18-14/h3-8H,1-2H3. The predicted octanol–water partition coefficient (Wildman–Crippen LogP) is 1.33. The van der Waals surface area contributed by atoms with Gasteiger partial charge in [0.05, 0.1) is 11.0 Å². The third-order valence-electron chi connectivity index (χ3n) is 3.94. The van der Waals surface area contributed by atoms with Crippen LogP contribution in [0.3, 0.4) is 0 Å². The largest absolute Gasteiger partial charge is 0.332 e. The van der Waals surface area contributed by atoms with Crippen LogP contribution in [0.5, 0.6) is 0 Å². The van der Waals surface area contributed by atoms with Gasteiger partial charge in [-0.3, -0.25) is 13.9 Å². The molecule has 0 saturated carbocycles. The van der Waals surface area contributed by atoms with Crippen molar-refractivity contribution >= 4 is 33.0 Å². The SMILES string of the molecule is Cn1c(=O)c2nc3ccc4ccccc4c3nc2n(C)c1=O. The quantitative estimate of drug-likeness (QED) is 0.362. The third-order valence-corrected chi connectivity index (χ3v) is 3.94. The van der Waals surface area contributed by atoms with Crippen LogP contribution in [-0.2, 0) is 14.1 Å². The molecule has 0 aliphatic heterocycles. The van der Waals surface area contributed by atoms with Crippen LogP contribution in [0.2, 0.25) is 0 Å². The van der Waals surface area contributed by atoms with Crippen LogP contribution < -0.4 is 11.2 Å². The van der Waals surface area contributed by atoms with E-state index in [0.717, 1.165) is 15.3 Å². The molecule has 2 aromatic carbocycles. The van der Waals surface area contributed by atoms with Crippen molar-refractivity contribution in [3.63, 3.8) is 0 Å². The van der Waals surface area contributed by atoms with Gasteiger partial charge in [-0.05, 0) is 11.5 Å². The summed E-state index contributed by atoms with van der Waals surface area (Å²) in [5.41, 5.74) is 0.993. The van der Waals surface area contributed by atoms with Crippen LogP contribution >= 0.6 is 0 Å². The van der Waals surface area contributed by atoms with Crippen LogP contribution in [0, 0.1) is 0 Å². The van der Waals surface area contributed by atoms with E-state index in [-0.39, 0.29) is 5.52 Å². The first-order valence-electron chi connectivity index (χ1n) is 6.83. The van der Waals surface area contributed by atoms with Crippen molar-refractivity contribution in [1.82, 2.24) is 19.1 Å². The van der Waals surface area contributed by atoms with Crippen LogP contribution in [-0.4, -0.2) is 19.1 Å². The van der Waals surface area contributed by atoms with E-state index in [1.54, 1.807) is 7.05 Å². The van der Waals surface area contributed by atoms with Gasteiger partial charge in [0, 0.05) is 19.5 Å². The van der Waals surface area contributed by atoms with E-state index in [0.29, 0.717) is 16.7 Å². The Kier molecular flexibility index (Phi) is 2.45. The fraction of sp³-hybridized carbons (Fsp3) is 0.125. The first kappa shape index (κ1) is 12.7. The zero-order valence-corrected chi connectivity index (χ0v) is 12.1. The molecule has 6 nitrogen and oxygen atoms in total. The minimum Gasteiger partial charge on any atom is -0.279 e. The number of hydrogen-bond donors (Lipinski definition) is 0. The lowest BCUT2D eigenvalue weighted by atomic mass is 10.1. The Hall–Kier alpha value is -3.02. The number of benzene rings is 2. The van der Waals surface area contributed by atoms with E-state index in [1.807, 2.05) is 36.4 Å². The normalized spacial score (nSPS) is 11.5. The predicted molar refractivity (Wildman–Crippen MR) is 85.0 cm³/mol. The van der Waals surface area contributed by atoms with Crippen molar-refractivity contribution in [2.24, 2.45) is 14.1 Å². The molecule has 0 radical (unpaired) electrons. The molecule has 0 atom stereocenters. The van der Waals surface area contributed by atoms with E-state index < -0.39 is 11.2 Å². The van der Waals surface area contributed by atoms with Crippen molar-refractivity contribution in [3.8, 4) is 0 Å². The number of fused-ring (bicyclic) bond motifs is 4. The fourth-order valence-corrected chi connectivity index (χ4v) is 2.72. The molecule has 0 bridgehead atoms. The number of rotatable bonds is 0. The lowest BCUT2D eigenvalue weighted by molar-refractivity contribution is 0.706. The number of hydrogen-bond acceptors (Lipinski definition) is 4. The fourth-order valence-electron chi connectivity index (χ4n) is 2.72. The molecule has 22 heavy (non-hydrogen) atoms. The van der Waals surface area contributed by atoms with E-state index in [1.165, 1.54) is 11.6 Å². The minimum absolute atomic E-state index is 0.201. The maximum Gasteiger partial charge on any atom is 0.332 e. The van der Waals surface area contributed by atoms with Crippen LogP contribution in [0.25, 0.3) is 33.0 Å². The zero-order valence-electron chi connectivity index (χ0n) is 12.1. The molecule has 0 amide bonds. The molecule has 4 aromatic rings. The molecule has 2 heterocycles. The maximum absolute atomic E-state index is 12.3. The Balaban J connectivity index is 2.33. The van der Waals surface area contributed by atoms with Crippen molar-refractivity contribution in [1.29, 1.82) is 0 Å². The van der Waals surface area contributed by atoms with Crippen molar-refractivity contribution in [2.75, 3.05) is 0 Å². The second-order valence-electron chi connectivity index (χ2n) is 5.26. The zero-order chi connectivity index (χ0) is 15.4. The van der Waals surface area contributed by atoms with Gasteiger partial charge in [-0.15, -0.1) is 0 Å². The molecule has 0 saturated heterocycles. The number of aryl methyl sites for hydroxylation is 1. The Morgan fingerprint density at radius 1 is 0.864 bits per heavy atom. The van der Waals surface area contributed by atoms with E-state index in [9.17, 15) is 9.59 Å². The van der Waals surface area contributed by atoms with Crippen LogP contribution in [0.4, 0.5) is 0 Å². The summed E-state index contributed by atoms with van der Waals surface area (Å²) >= 11 is 0. The third kappa shape index (κ3) is 1.54. The van der Waals surface area contributed by atoms with Crippen molar-refractivity contribution < 1.29 is 0 Å². The summed E-state index contributed by atoms with van der Waals surface area (Å²) in [7, 11) is 3.03. The molecule has 6 heteroatoms. The maximum atomic E-state index is 12.3. The van der Waals surface area contributed by atoms with E-state index in [4.69, 9.17) is 0 Å². The number of aromatic nitrogens is 4. The molecular formula is C16H12N4O2. The molecule has 0 N–H and O–H groups in total. The van der Waals surface area contributed by atoms with Gasteiger partial charge >= 0.3 is 5.69 Å². The smallest absolute Gasteiger partial charge is 0.279 e. The highest BCUT2D eigenvalue weighted by atomic mass is 16.2. The Labute approximate surface area is 124 Å². The van der Waals surface area contributed by atoms with Gasteiger partial charge < -0.3 is 0 Å². The minimum atomic E-state index is -0.430. The molecule has 0 spiro atoms. The highest BCUT2D eigenvalue weighted by molar-refractivity contribution is 6.05. The highest BCUT2D eigenvalue weighted by Gasteiger charge is 2.13.